The molecule has 2 aliphatic heterocycles. The summed E-state index contributed by atoms with van der Waals surface area (Å²) in [6.45, 7) is 5.09. The fourth-order valence-electron chi connectivity index (χ4n) is 1.92. The summed E-state index contributed by atoms with van der Waals surface area (Å²) >= 11 is 0. The van der Waals surface area contributed by atoms with Gasteiger partial charge in [-0.25, -0.2) is 0 Å². The third-order valence-electron chi connectivity index (χ3n) is 2.53. The van der Waals surface area contributed by atoms with Crippen LogP contribution in [-0.4, -0.2) is 46.7 Å². The topological polar surface area (TPSA) is 68.2 Å². The highest BCUT2D eigenvalue weighted by Gasteiger charge is 2.55. The second-order valence-corrected chi connectivity index (χ2v) is 4.30. The predicted molar refractivity (Wildman–Crippen MR) is 46.4 cm³/mol. The molecule has 1 unspecified atom stereocenters. The Bertz CT molecular complexity index is 225. The van der Waals surface area contributed by atoms with Crippen molar-refractivity contribution in [1.29, 1.82) is 0 Å². The van der Waals surface area contributed by atoms with Crippen molar-refractivity contribution < 1.29 is 24.4 Å². The van der Waals surface area contributed by atoms with Crippen molar-refractivity contribution in [3.63, 3.8) is 0 Å². The van der Waals surface area contributed by atoms with Crippen molar-refractivity contribution in [2.24, 2.45) is 0 Å². The predicted octanol–water partition coefficient (Wildman–Crippen LogP) is -0.396. The van der Waals surface area contributed by atoms with Crippen LogP contribution in [0.2, 0.25) is 0 Å². The van der Waals surface area contributed by atoms with Gasteiger partial charge in [0.15, 0.2) is 12.1 Å². The number of aliphatic hydroxyl groups excluding tert-OH is 2. The summed E-state index contributed by atoms with van der Waals surface area (Å²) in [4.78, 5) is 0. The van der Waals surface area contributed by atoms with E-state index in [2.05, 4.69) is 0 Å². The molecule has 14 heavy (non-hydrogen) atoms. The zero-order valence-corrected chi connectivity index (χ0v) is 8.51. The van der Waals surface area contributed by atoms with Crippen molar-refractivity contribution in [1.82, 2.24) is 0 Å². The smallest absolute Gasteiger partial charge is 0.190 e. The average Bonchev–Trinajstić information content (AvgIpc) is 2.46. The maximum Gasteiger partial charge on any atom is 0.190 e. The monoisotopic (exact) mass is 204 g/mol. The molecule has 5 nitrogen and oxygen atoms in total. The fourth-order valence-corrected chi connectivity index (χ4v) is 1.92. The summed E-state index contributed by atoms with van der Waals surface area (Å²) < 4.78 is 16.2. The van der Waals surface area contributed by atoms with E-state index in [1.165, 1.54) is 0 Å². The molecular formula is C9H16O5. The molecule has 0 aromatic rings. The first kappa shape index (κ1) is 10.3. The molecule has 2 heterocycles. The quantitative estimate of drug-likeness (QED) is 0.608. The minimum Gasteiger partial charge on any atom is -0.391 e. The van der Waals surface area contributed by atoms with Crippen LogP contribution in [0.5, 0.6) is 0 Å². The molecule has 0 amide bonds. The lowest BCUT2D eigenvalue weighted by Crippen LogP contribution is -2.39. The van der Waals surface area contributed by atoms with Gasteiger partial charge in [0.05, 0.1) is 6.10 Å². The summed E-state index contributed by atoms with van der Waals surface area (Å²) in [7, 11) is 0. The normalized spacial score (nSPS) is 47.8. The molecular weight excluding hydrogens is 188 g/mol. The number of hydrogen-bond acceptors (Lipinski definition) is 5. The molecule has 0 aromatic heterocycles. The van der Waals surface area contributed by atoms with Gasteiger partial charge < -0.3 is 24.4 Å². The number of fused-ring (bicyclic) bond motifs is 1. The molecule has 0 bridgehead atoms. The van der Waals surface area contributed by atoms with Crippen LogP contribution in [0.4, 0.5) is 0 Å². The maximum atomic E-state index is 9.77. The van der Waals surface area contributed by atoms with Gasteiger partial charge in [0, 0.05) is 0 Å². The van der Waals surface area contributed by atoms with Crippen molar-refractivity contribution in [2.75, 3.05) is 0 Å². The lowest BCUT2D eigenvalue weighted by Gasteiger charge is -2.24. The first-order valence-corrected chi connectivity index (χ1v) is 4.78. The van der Waals surface area contributed by atoms with Crippen LogP contribution in [0.15, 0.2) is 0 Å². The Kier molecular flexibility index (Phi) is 2.32. The van der Waals surface area contributed by atoms with Crippen LogP contribution < -0.4 is 0 Å². The largest absolute Gasteiger partial charge is 0.391 e. The van der Waals surface area contributed by atoms with E-state index in [0.717, 1.165) is 0 Å². The Labute approximate surface area is 82.6 Å². The van der Waals surface area contributed by atoms with Crippen LogP contribution in [0, 0.1) is 0 Å². The van der Waals surface area contributed by atoms with E-state index in [1.807, 2.05) is 0 Å². The first-order chi connectivity index (χ1) is 6.41. The van der Waals surface area contributed by atoms with Gasteiger partial charge in [-0.3, -0.25) is 0 Å². The van der Waals surface area contributed by atoms with E-state index < -0.39 is 36.5 Å². The SMILES string of the molecule is C[C@@H](O)[C@H]1OC2OC(C)(C)O[C@@H]2[C@H]1O. The molecule has 82 valence electrons. The maximum absolute atomic E-state index is 9.77. The van der Waals surface area contributed by atoms with Gasteiger partial charge in [0.25, 0.3) is 0 Å². The van der Waals surface area contributed by atoms with E-state index in [4.69, 9.17) is 14.2 Å². The highest BCUT2D eigenvalue weighted by atomic mass is 16.8. The second-order valence-electron chi connectivity index (χ2n) is 4.30. The van der Waals surface area contributed by atoms with Gasteiger partial charge in [-0.1, -0.05) is 0 Å². The Morgan fingerprint density at radius 1 is 1.29 bits per heavy atom. The standard InChI is InChI=1S/C9H16O5/c1-4(10)6-5(11)7-8(12-6)14-9(2,3)13-7/h4-8,10-11H,1-3H3/t4-,5+,6-,7-,8?/m1/s1. The molecule has 0 spiro atoms. The van der Waals surface area contributed by atoms with Gasteiger partial charge in [-0.05, 0) is 20.8 Å². The highest BCUT2D eigenvalue weighted by molar-refractivity contribution is 4.94. The number of ether oxygens (including phenoxy) is 3. The van der Waals surface area contributed by atoms with Crippen molar-refractivity contribution in [3.8, 4) is 0 Å². The third kappa shape index (κ3) is 1.55. The summed E-state index contributed by atoms with van der Waals surface area (Å²) in [5.41, 5.74) is 0. The van der Waals surface area contributed by atoms with Gasteiger partial charge in [-0.15, -0.1) is 0 Å². The molecule has 0 saturated carbocycles. The molecule has 5 atom stereocenters. The van der Waals surface area contributed by atoms with Crippen LogP contribution >= 0.6 is 0 Å². The average molecular weight is 204 g/mol. The molecule has 2 N–H and O–H groups in total. The number of hydrogen-bond donors (Lipinski definition) is 2. The van der Waals surface area contributed by atoms with Crippen LogP contribution in [0.25, 0.3) is 0 Å². The minimum absolute atomic E-state index is 0.496. The van der Waals surface area contributed by atoms with Crippen molar-refractivity contribution in [2.45, 2.75) is 57.3 Å². The molecule has 0 aromatic carbocycles. The van der Waals surface area contributed by atoms with Crippen LogP contribution in [-0.2, 0) is 14.2 Å². The third-order valence-corrected chi connectivity index (χ3v) is 2.53. The molecule has 0 aliphatic carbocycles. The Balaban J connectivity index is 2.08. The van der Waals surface area contributed by atoms with E-state index in [1.54, 1.807) is 20.8 Å². The summed E-state index contributed by atoms with van der Waals surface area (Å²) in [6, 6.07) is 0. The van der Waals surface area contributed by atoms with Crippen molar-refractivity contribution in [3.05, 3.63) is 0 Å². The summed E-state index contributed by atoms with van der Waals surface area (Å²) in [5.74, 6) is -0.722. The lowest BCUT2D eigenvalue weighted by molar-refractivity contribution is -0.224. The molecule has 2 fully saturated rings. The van der Waals surface area contributed by atoms with Gasteiger partial charge in [-0.2, -0.15) is 0 Å². The molecule has 5 heteroatoms. The van der Waals surface area contributed by atoms with Gasteiger partial charge in [0.1, 0.15) is 18.3 Å². The summed E-state index contributed by atoms with van der Waals surface area (Å²) in [5, 5.41) is 19.1. The minimum atomic E-state index is -0.832. The fraction of sp³-hybridized carbons (Fsp3) is 1.00. The van der Waals surface area contributed by atoms with Crippen LogP contribution in [0.3, 0.4) is 0 Å². The molecule has 2 aliphatic rings. The zero-order chi connectivity index (χ0) is 10.5. The molecule has 2 rings (SSSR count). The Morgan fingerprint density at radius 2 is 1.93 bits per heavy atom. The van der Waals surface area contributed by atoms with E-state index in [-0.39, 0.29) is 0 Å². The van der Waals surface area contributed by atoms with Crippen LogP contribution in [0.1, 0.15) is 20.8 Å². The zero-order valence-electron chi connectivity index (χ0n) is 8.51. The van der Waals surface area contributed by atoms with E-state index >= 15 is 0 Å². The summed E-state index contributed by atoms with van der Waals surface area (Å²) in [6.07, 6.45) is -3.25. The van der Waals surface area contributed by atoms with E-state index in [0.29, 0.717) is 0 Å². The highest BCUT2D eigenvalue weighted by Crippen LogP contribution is 2.37. The van der Waals surface area contributed by atoms with Gasteiger partial charge >= 0.3 is 0 Å². The second kappa shape index (κ2) is 3.15. The number of rotatable bonds is 1. The van der Waals surface area contributed by atoms with Crippen molar-refractivity contribution >= 4 is 0 Å². The lowest BCUT2D eigenvalue weighted by atomic mass is 10.1. The van der Waals surface area contributed by atoms with Gasteiger partial charge in [0.2, 0.25) is 0 Å². The first-order valence-electron chi connectivity index (χ1n) is 4.78. The molecule has 2 saturated heterocycles. The Hall–Kier alpha value is -0.200. The number of aliphatic hydroxyl groups is 2. The molecule has 0 radical (unpaired) electrons. The van der Waals surface area contributed by atoms with E-state index in [9.17, 15) is 10.2 Å². The Morgan fingerprint density at radius 3 is 2.43 bits per heavy atom.